The van der Waals surface area contributed by atoms with Gasteiger partial charge in [-0.25, -0.2) is 9.97 Å². The number of anilines is 3. The maximum atomic E-state index is 13.3. The van der Waals surface area contributed by atoms with Crippen molar-refractivity contribution in [2.75, 3.05) is 17.7 Å². The topological polar surface area (TPSA) is 96.4 Å². The molecule has 3 aromatic rings. The zero-order valence-electron chi connectivity index (χ0n) is 17.5. The van der Waals surface area contributed by atoms with Gasteiger partial charge in [-0.15, -0.1) is 0 Å². The van der Waals surface area contributed by atoms with Crippen molar-refractivity contribution in [1.82, 2.24) is 9.97 Å². The molecule has 0 spiro atoms. The number of halogens is 3. The Labute approximate surface area is 182 Å². The second-order valence-electron chi connectivity index (χ2n) is 7.43. The minimum atomic E-state index is -4.57. The number of amides is 1. The summed E-state index contributed by atoms with van der Waals surface area (Å²) in [5.41, 5.74) is -1.32. The number of ether oxygens (including phenoxy) is 1. The van der Waals surface area contributed by atoms with Gasteiger partial charge in [0, 0.05) is 22.7 Å². The second kappa shape index (κ2) is 8.46. The summed E-state index contributed by atoms with van der Waals surface area (Å²) in [6.07, 6.45) is -2.25. The van der Waals surface area contributed by atoms with Crippen LogP contribution in [0.3, 0.4) is 0 Å². The van der Waals surface area contributed by atoms with Crippen LogP contribution in [0.1, 0.15) is 25.0 Å². The van der Waals surface area contributed by atoms with E-state index in [0.29, 0.717) is 22.3 Å². The number of benzene rings is 2. The van der Waals surface area contributed by atoms with Crippen LogP contribution in [0.4, 0.5) is 30.4 Å². The van der Waals surface area contributed by atoms with Crippen LogP contribution < -0.4 is 15.4 Å². The number of aliphatic hydroxyl groups is 1. The second-order valence-corrected chi connectivity index (χ2v) is 7.43. The predicted octanol–water partition coefficient (Wildman–Crippen LogP) is 4.75. The van der Waals surface area contributed by atoms with Gasteiger partial charge in [0.25, 0.3) is 0 Å². The van der Waals surface area contributed by atoms with Crippen molar-refractivity contribution in [3.8, 4) is 5.75 Å². The van der Waals surface area contributed by atoms with E-state index in [0.717, 1.165) is 18.2 Å². The van der Waals surface area contributed by atoms with Gasteiger partial charge in [0.15, 0.2) is 0 Å². The van der Waals surface area contributed by atoms with Gasteiger partial charge in [0.2, 0.25) is 5.91 Å². The zero-order chi connectivity index (χ0) is 23.7. The summed E-state index contributed by atoms with van der Waals surface area (Å²) >= 11 is 0. The molecule has 168 valence electrons. The van der Waals surface area contributed by atoms with Crippen LogP contribution in [0, 0.1) is 0 Å². The molecule has 0 bridgehead atoms. The minimum Gasteiger partial charge on any atom is -0.494 e. The van der Waals surface area contributed by atoms with Gasteiger partial charge < -0.3 is 20.5 Å². The first-order valence-electron chi connectivity index (χ1n) is 9.41. The highest BCUT2D eigenvalue weighted by molar-refractivity contribution is 6.03. The van der Waals surface area contributed by atoms with Crippen molar-refractivity contribution < 1.29 is 27.8 Å². The quantitative estimate of drug-likeness (QED) is 0.473. The molecule has 0 aliphatic rings. The molecule has 1 amide bonds. The van der Waals surface area contributed by atoms with Crippen LogP contribution in [0.25, 0.3) is 10.9 Å². The number of nitrogens with one attached hydrogen (secondary N) is 2. The van der Waals surface area contributed by atoms with Crippen LogP contribution in [0.15, 0.2) is 49.3 Å². The van der Waals surface area contributed by atoms with Crippen molar-refractivity contribution in [1.29, 1.82) is 0 Å². The molecule has 0 aliphatic carbocycles. The third-order valence-electron chi connectivity index (χ3n) is 4.66. The van der Waals surface area contributed by atoms with Gasteiger partial charge >= 0.3 is 6.18 Å². The maximum absolute atomic E-state index is 13.3. The number of methoxy groups -OCH3 is 1. The Hall–Kier alpha value is -3.66. The lowest BCUT2D eigenvalue weighted by Gasteiger charge is -2.24. The van der Waals surface area contributed by atoms with E-state index in [1.54, 1.807) is 6.07 Å². The molecule has 1 heterocycles. The van der Waals surface area contributed by atoms with Crippen LogP contribution in [-0.2, 0) is 16.6 Å². The molecule has 2 aromatic carbocycles. The van der Waals surface area contributed by atoms with Gasteiger partial charge in [-0.2, -0.15) is 13.2 Å². The molecule has 0 fully saturated rings. The summed E-state index contributed by atoms with van der Waals surface area (Å²) < 4.78 is 45.2. The van der Waals surface area contributed by atoms with Crippen molar-refractivity contribution in [2.24, 2.45) is 0 Å². The summed E-state index contributed by atoms with van der Waals surface area (Å²) in [7, 11) is 1.42. The van der Waals surface area contributed by atoms with E-state index in [2.05, 4.69) is 27.2 Å². The molecular formula is C22H21F3N4O3. The third-order valence-corrected chi connectivity index (χ3v) is 4.66. The number of carbonyl (C=O) groups is 1. The summed E-state index contributed by atoms with van der Waals surface area (Å²) in [5, 5.41) is 16.4. The van der Waals surface area contributed by atoms with Gasteiger partial charge in [-0.1, -0.05) is 12.6 Å². The average Bonchev–Trinajstić information content (AvgIpc) is 2.72. The highest BCUT2D eigenvalue weighted by Crippen LogP contribution is 2.38. The van der Waals surface area contributed by atoms with Crippen molar-refractivity contribution in [2.45, 2.75) is 25.6 Å². The van der Waals surface area contributed by atoms with E-state index >= 15 is 0 Å². The molecule has 0 aliphatic heterocycles. The molecule has 0 unspecified atom stereocenters. The first-order chi connectivity index (χ1) is 14.9. The molecule has 0 saturated heterocycles. The van der Waals surface area contributed by atoms with Crippen LogP contribution in [0.2, 0.25) is 0 Å². The Morgan fingerprint density at radius 1 is 1.16 bits per heavy atom. The van der Waals surface area contributed by atoms with E-state index in [9.17, 15) is 23.1 Å². The van der Waals surface area contributed by atoms with E-state index < -0.39 is 23.2 Å². The molecule has 7 nitrogen and oxygen atoms in total. The number of nitrogens with zero attached hydrogens (tertiary/aromatic N) is 2. The molecule has 0 radical (unpaired) electrons. The maximum Gasteiger partial charge on any atom is 0.416 e. The first kappa shape index (κ1) is 23.0. The van der Waals surface area contributed by atoms with Crippen LogP contribution >= 0.6 is 0 Å². The van der Waals surface area contributed by atoms with E-state index in [4.69, 9.17) is 4.74 Å². The molecule has 3 rings (SSSR count). The predicted molar refractivity (Wildman–Crippen MR) is 115 cm³/mol. The summed E-state index contributed by atoms with van der Waals surface area (Å²) in [4.78, 5) is 20.1. The van der Waals surface area contributed by atoms with Crippen LogP contribution in [-0.4, -0.2) is 28.1 Å². The minimum absolute atomic E-state index is 0.0276. The summed E-state index contributed by atoms with van der Waals surface area (Å²) in [5.74, 6) is 0.0291. The lowest BCUT2D eigenvalue weighted by molar-refractivity contribution is -0.137. The molecular weight excluding hydrogens is 425 g/mol. The Kier molecular flexibility index (Phi) is 6.09. The van der Waals surface area contributed by atoms with Crippen molar-refractivity contribution in [3.63, 3.8) is 0 Å². The first-order valence-corrected chi connectivity index (χ1v) is 9.41. The number of fused-ring (bicyclic) bond motifs is 1. The third kappa shape index (κ3) is 4.80. The van der Waals surface area contributed by atoms with Gasteiger partial charge in [-0.05, 0) is 38.1 Å². The SMILES string of the molecule is C=CC(=O)Nc1cc2c(Nc3cc(C(F)(F)F)ccc3C(C)(C)O)ncnc2cc1OC. The molecule has 3 N–H and O–H groups in total. The monoisotopic (exact) mass is 446 g/mol. The van der Waals surface area contributed by atoms with Gasteiger partial charge in [0.05, 0.1) is 29.5 Å². The molecule has 1 aromatic heterocycles. The largest absolute Gasteiger partial charge is 0.494 e. The fraction of sp³-hybridized carbons (Fsp3) is 0.227. The molecule has 0 saturated carbocycles. The Bertz CT molecular complexity index is 1190. The fourth-order valence-electron chi connectivity index (χ4n) is 3.12. The standard InChI is InChI=1S/C22H21F3N4O3/c1-5-19(30)28-17-9-13-15(10-18(17)32-4)26-11-27-20(13)29-16-8-12(22(23,24)25)6-7-14(16)21(2,3)31/h5-11,31H,1H2,2-4H3,(H,28,30)(H,26,27,29). The zero-order valence-corrected chi connectivity index (χ0v) is 17.5. The number of rotatable bonds is 6. The summed E-state index contributed by atoms with van der Waals surface area (Å²) in [6.45, 7) is 6.33. The fourth-order valence-corrected chi connectivity index (χ4v) is 3.12. The van der Waals surface area contributed by atoms with E-state index in [1.807, 2.05) is 0 Å². The molecule has 10 heteroatoms. The van der Waals surface area contributed by atoms with Crippen LogP contribution in [0.5, 0.6) is 5.75 Å². The average molecular weight is 446 g/mol. The van der Waals surface area contributed by atoms with E-state index in [-0.39, 0.29) is 17.1 Å². The smallest absolute Gasteiger partial charge is 0.416 e. The molecule has 0 atom stereocenters. The highest BCUT2D eigenvalue weighted by Gasteiger charge is 2.32. The highest BCUT2D eigenvalue weighted by atomic mass is 19.4. The van der Waals surface area contributed by atoms with E-state index in [1.165, 1.54) is 39.4 Å². The van der Waals surface area contributed by atoms with Gasteiger partial charge in [0.1, 0.15) is 17.9 Å². The Morgan fingerprint density at radius 2 is 1.88 bits per heavy atom. The Balaban J connectivity index is 2.17. The van der Waals surface area contributed by atoms with Crippen molar-refractivity contribution in [3.05, 3.63) is 60.4 Å². The van der Waals surface area contributed by atoms with Crippen molar-refractivity contribution >= 4 is 34.0 Å². The number of hydrogen-bond acceptors (Lipinski definition) is 6. The number of alkyl halides is 3. The normalized spacial score (nSPS) is 11.8. The number of aromatic nitrogens is 2. The lowest BCUT2D eigenvalue weighted by atomic mass is 9.94. The molecule has 32 heavy (non-hydrogen) atoms. The lowest BCUT2D eigenvalue weighted by Crippen LogP contribution is -2.19. The summed E-state index contributed by atoms with van der Waals surface area (Å²) in [6, 6.07) is 6.13. The number of carbonyl (C=O) groups excluding carboxylic acids is 1. The van der Waals surface area contributed by atoms with Gasteiger partial charge in [-0.3, -0.25) is 4.79 Å². The Morgan fingerprint density at radius 3 is 2.47 bits per heavy atom. The number of hydrogen-bond donors (Lipinski definition) is 3.